The maximum Gasteiger partial charge on any atom is 0.336 e. The number of nitrogens with zero attached hydrogens (tertiary/aromatic N) is 1. The van der Waals surface area contributed by atoms with Crippen molar-refractivity contribution in [2.45, 2.75) is 25.8 Å². The monoisotopic (exact) mass is 373 g/mol. The van der Waals surface area contributed by atoms with Gasteiger partial charge in [-0.1, -0.05) is 0 Å². The van der Waals surface area contributed by atoms with Crippen LogP contribution in [0.1, 0.15) is 18.4 Å². The first kappa shape index (κ1) is 18.9. The van der Waals surface area contributed by atoms with E-state index in [-0.39, 0.29) is 31.0 Å². The largest absolute Gasteiger partial charge is 0.484 e. The van der Waals surface area contributed by atoms with Crippen LogP contribution in [0.2, 0.25) is 0 Å². The number of piperidine rings is 1. The van der Waals surface area contributed by atoms with E-state index in [4.69, 9.17) is 14.9 Å². The van der Waals surface area contributed by atoms with Crippen LogP contribution in [-0.4, -0.2) is 49.0 Å². The highest BCUT2D eigenvalue weighted by Gasteiger charge is 2.21. The lowest BCUT2D eigenvalue weighted by atomic mass is 10.1. The topological polar surface area (TPSA) is 115 Å². The summed E-state index contributed by atoms with van der Waals surface area (Å²) in [6.45, 7) is 3.40. The number of hydrogen-bond donors (Lipinski definition) is 2. The number of fused-ring (bicyclic) bond motifs is 1. The molecule has 27 heavy (non-hydrogen) atoms. The quantitative estimate of drug-likeness (QED) is 0.715. The van der Waals surface area contributed by atoms with Gasteiger partial charge in [0.2, 0.25) is 5.91 Å². The number of carbonyl (C=O) groups is 2. The van der Waals surface area contributed by atoms with Gasteiger partial charge in [-0.05, 0) is 37.5 Å². The number of nitrogens with two attached hydrogens (primary N) is 1. The zero-order chi connectivity index (χ0) is 19.4. The van der Waals surface area contributed by atoms with Crippen LogP contribution in [0, 0.1) is 6.92 Å². The van der Waals surface area contributed by atoms with Crippen molar-refractivity contribution in [2.75, 3.05) is 26.2 Å². The number of aryl methyl sites for hydroxylation is 1. The van der Waals surface area contributed by atoms with Crippen molar-refractivity contribution in [2.24, 2.45) is 5.73 Å². The second-order valence-corrected chi connectivity index (χ2v) is 6.78. The molecule has 0 unspecified atom stereocenters. The Kier molecular flexibility index (Phi) is 5.75. The molecular weight excluding hydrogens is 350 g/mol. The SMILES string of the molecule is Cc1cc(=O)oc2cc(OCC(=O)NC3CCN(CC(N)=O)CC3)ccc12. The Morgan fingerprint density at radius 1 is 1.30 bits per heavy atom. The zero-order valence-corrected chi connectivity index (χ0v) is 15.2. The highest BCUT2D eigenvalue weighted by atomic mass is 16.5. The summed E-state index contributed by atoms with van der Waals surface area (Å²) in [6, 6.07) is 6.65. The molecule has 1 aromatic heterocycles. The molecule has 1 fully saturated rings. The van der Waals surface area contributed by atoms with Crippen molar-refractivity contribution in [1.29, 1.82) is 0 Å². The van der Waals surface area contributed by atoms with Crippen LogP contribution in [0.5, 0.6) is 5.75 Å². The van der Waals surface area contributed by atoms with E-state index in [2.05, 4.69) is 5.32 Å². The molecule has 3 N–H and O–H groups in total. The van der Waals surface area contributed by atoms with Gasteiger partial charge in [-0.2, -0.15) is 0 Å². The number of nitrogens with one attached hydrogen (secondary N) is 1. The summed E-state index contributed by atoms with van der Waals surface area (Å²) < 4.78 is 10.7. The average molecular weight is 373 g/mol. The lowest BCUT2D eigenvalue weighted by molar-refractivity contribution is -0.124. The Morgan fingerprint density at radius 2 is 2.04 bits per heavy atom. The molecule has 1 aliphatic heterocycles. The van der Waals surface area contributed by atoms with E-state index >= 15 is 0 Å². The van der Waals surface area contributed by atoms with Gasteiger partial charge in [0.25, 0.3) is 5.91 Å². The summed E-state index contributed by atoms with van der Waals surface area (Å²) in [4.78, 5) is 36.5. The first-order valence-corrected chi connectivity index (χ1v) is 8.88. The highest BCUT2D eigenvalue weighted by Crippen LogP contribution is 2.22. The molecule has 0 atom stereocenters. The zero-order valence-electron chi connectivity index (χ0n) is 15.2. The van der Waals surface area contributed by atoms with Gasteiger partial charge < -0.3 is 20.2 Å². The van der Waals surface area contributed by atoms with E-state index in [1.165, 1.54) is 6.07 Å². The number of carbonyl (C=O) groups excluding carboxylic acids is 2. The minimum absolute atomic E-state index is 0.0579. The van der Waals surface area contributed by atoms with Crippen LogP contribution in [0.15, 0.2) is 33.5 Å². The van der Waals surface area contributed by atoms with E-state index in [0.29, 0.717) is 11.3 Å². The third-order valence-electron chi connectivity index (χ3n) is 4.62. The molecule has 2 heterocycles. The number of amides is 2. The fourth-order valence-electron chi connectivity index (χ4n) is 3.27. The van der Waals surface area contributed by atoms with Crippen LogP contribution < -0.4 is 21.4 Å². The first-order chi connectivity index (χ1) is 12.9. The van der Waals surface area contributed by atoms with E-state index in [1.807, 2.05) is 11.8 Å². The molecule has 2 aromatic rings. The number of rotatable bonds is 6. The number of primary amides is 1. The van der Waals surface area contributed by atoms with Crippen LogP contribution >= 0.6 is 0 Å². The second-order valence-electron chi connectivity index (χ2n) is 6.78. The van der Waals surface area contributed by atoms with Gasteiger partial charge in [0.1, 0.15) is 11.3 Å². The summed E-state index contributed by atoms with van der Waals surface area (Å²) in [6.07, 6.45) is 1.53. The predicted octanol–water partition coefficient (Wildman–Crippen LogP) is 0.546. The number of likely N-dealkylation sites (tertiary alicyclic amines) is 1. The summed E-state index contributed by atoms with van der Waals surface area (Å²) >= 11 is 0. The van der Waals surface area contributed by atoms with Crippen molar-refractivity contribution in [1.82, 2.24) is 10.2 Å². The van der Waals surface area contributed by atoms with Gasteiger partial charge in [0.05, 0.1) is 6.54 Å². The molecule has 8 nitrogen and oxygen atoms in total. The van der Waals surface area contributed by atoms with E-state index in [1.54, 1.807) is 18.2 Å². The molecule has 3 rings (SSSR count). The van der Waals surface area contributed by atoms with Gasteiger partial charge in [0.15, 0.2) is 6.61 Å². The average Bonchev–Trinajstić information content (AvgIpc) is 2.61. The first-order valence-electron chi connectivity index (χ1n) is 8.88. The molecule has 144 valence electrons. The minimum atomic E-state index is -0.419. The Balaban J connectivity index is 1.50. The van der Waals surface area contributed by atoms with Crippen molar-refractivity contribution < 1.29 is 18.7 Å². The third kappa shape index (κ3) is 5.07. The molecule has 0 saturated carbocycles. The molecular formula is C19H23N3O5. The summed E-state index contributed by atoms with van der Waals surface area (Å²) in [7, 11) is 0. The van der Waals surface area contributed by atoms with Gasteiger partial charge in [-0.3, -0.25) is 14.5 Å². The summed E-state index contributed by atoms with van der Waals surface area (Å²) in [5.41, 5.74) is 6.03. The standard InChI is InChI=1S/C19H23N3O5/c1-12-8-19(25)27-16-9-14(2-3-15(12)16)26-11-18(24)21-13-4-6-22(7-5-13)10-17(20)23/h2-3,8-9,13H,4-7,10-11H2,1H3,(H2,20,23)(H,21,24). The predicted molar refractivity (Wildman–Crippen MR) is 99.5 cm³/mol. The molecule has 0 spiro atoms. The fourth-order valence-corrected chi connectivity index (χ4v) is 3.27. The van der Waals surface area contributed by atoms with Crippen molar-refractivity contribution in [3.05, 3.63) is 40.2 Å². The van der Waals surface area contributed by atoms with Crippen LogP contribution in [0.3, 0.4) is 0 Å². The van der Waals surface area contributed by atoms with Crippen molar-refractivity contribution in [3.63, 3.8) is 0 Å². The van der Waals surface area contributed by atoms with Crippen LogP contribution in [0.25, 0.3) is 11.0 Å². The van der Waals surface area contributed by atoms with Crippen LogP contribution in [-0.2, 0) is 9.59 Å². The molecule has 0 radical (unpaired) electrons. The van der Waals surface area contributed by atoms with Crippen LogP contribution in [0.4, 0.5) is 0 Å². The van der Waals surface area contributed by atoms with Crippen molar-refractivity contribution in [3.8, 4) is 5.75 Å². The van der Waals surface area contributed by atoms with Crippen molar-refractivity contribution >= 4 is 22.8 Å². The highest BCUT2D eigenvalue weighted by molar-refractivity contribution is 5.82. The van der Waals surface area contributed by atoms with Gasteiger partial charge in [0, 0.05) is 36.7 Å². The molecule has 2 amide bonds. The lowest BCUT2D eigenvalue weighted by Crippen LogP contribution is -2.47. The molecule has 8 heteroatoms. The Morgan fingerprint density at radius 3 is 2.74 bits per heavy atom. The number of ether oxygens (including phenoxy) is 1. The number of benzene rings is 1. The maximum absolute atomic E-state index is 12.1. The fraction of sp³-hybridized carbons (Fsp3) is 0.421. The molecule has 0 aliphatic carbocycles. The van der Waals surface area contributed by atoms with E-state index in [9.17, 15) is 14.4 Å². The van der Waals surface area contributed by atoms with E-state index < -0.39 is 5.63 Å². The Hall–Kier alpha value is -2.87. The lowest BCUT2D eigenvalue weighted by Gasteiger charge is -2.31. The smallest absolute Gasteiger partial charge is 0.336 e. The number of hydrogen-bond acceptors (Lipinski definition) is 6. The minimum Gasteiger partial charge on any atom is -0.484 e. The molecule has 1 aliphatic rings. The van der Waals surface area contributed by atoms with Gasteiger partial charge in [-0.15, -0.1) is 0 Å². The Labute approximate surface area is 156 Å². The normalized spacial score (nSPS) is 15.6. The summed E-state index contributed by atoms with van der Waals surface area (Å²) in [5.74, 6) is -0.0934. The van der Waals surface area contributed by atoms with Gasteiger partial charge in [-0.25, -0.2) is 4.79 Å². The third-order valence-corrected chi connectivity index (χ3v) is 4.62. The summed E-state index contributed by atoms with van der Waals surface area (Å²) in [5, 5.41) is 3.77. The van der Waals surface area contributed by atoms with Gasteiger partial charge >= 0.3 is 5.63 Å². The molecule has 0 bridgehead atoms. The molecule has 1 saturated heterocycles. The second kappa shape index (κ2) is 8.22. The molecule has 1 aromatic carbocycles. The van der Waals surface area contributed by atoms with E-state index in [0.717, 1.165) is 36.9 Å². The maximum atomic E-state index is 12.1. The Bertz CT molecular complexity index is 900.